The van der Waals surface area contributed by atoms with Crippen LogP contribution >= 0.6 is 0 Å². The summed E-state index contributed by atoms with van der Waals surface area (Å²) < 4.78 is 15.3. The number of methoxy groups -OCH3 is 1. The summed E-state index contributed by atoms with van der Waals surface area (Å²) in [5.74, 6) is 0.376. The van der Waals surface area contributed by atoms with Gasteiger partial charge in [-0.1, -0.05) is 6.07 Å². The van der Waals surface area contributed by atoms with Gasteiger partial charge < -0.3 is 19.3 Å². The first-order chi connectivity index (χ1) is 8.63. The van der Waals surface area contributed by atoms with Crippen LogP contribution in [-0.4, -0.2) is 31.4 Å². The molecule has 1 rings (SSSR count). The Morgan fingerprint density at radius 2 is 1.83 bits per heavy atom. The van der Waals surface area contributed by atoms with Crippen LogP contribution in [0.15, 0.2) is 18.2 Å². The maximum absolute atomic E-state index is 11.2. The minimum Gasteiger partial charge on any atom is -0.490 e. The summed E-state index contributed by atoms with van der Waals surface area (Å²) in [5, 5.41) is 9.73. The highest BCUT2D eigenvalue weighted by Crippen LogP contribution is 2.31. The molecule has 0 aromatic heterocycles. The lowest BCUT2D eigenvalue weighted by atomic mass is 10.1. The second kappa shape index (κ2) is 6.86. The predicted octanol–water partition coefficient (Wildman–Crippen LogP) is 1.69. The van der Waals surface area contributed by atoms with Gasteiger partial charge in [-0.3, -0.25) is 0 Å². The fourth-order valence-electron chi connectivity index (χ4n) is 1.49. The molecule has 1 unspecified atom stereocenters. The highest BCUT2D eigenvalue weighted by molar-refractivity contribution is 5.76. The molecule has 5 heteroatoms. The molecule has 1 N–H and O–H groups in total. The van der Waals surface area contributed by atoms with E-state index in [1.165, 1.54) is 7.11 Å². The van der Waals surface area contributed by atoms with E-state index in [0.717, 1.165) is 0 Å². The summed E-state index contributed by atoms with van der Waals surface area (Å²) in [7, 11) is 1.23. The van der Waals surface area contributed by atoms with E-state index in [1.807, 2.05) is 13.8 Å². The van der Waals surface area contributed by atoms with Crippen molar-refractivity contribution in [2.45, 2.75) is 20.0 Å². The summed E-state index contributed by atoms with van der Waals surface area (Å²) >= 11 is 0. The quantitative estimate of drug-likeness (QED) is 0.782. The molecule has 100 valence electrons. The normalized spacial score (nSPS) is 11.8. The minimum absolute atomic E-state index is 0.411. The Hall–Kier alpha value is -1.75. The van der Waals surface area contributed by atoms with E-state index in [2.05, 4.69) is 4.74 Å². The molecule has 0 aliphatic carbocycles. The van der Waals surface area contributed by atoms with Crippen molar-refractivity contribution in [2.24, 2.45) is 0 Å². The third-order valence-corrected chi connectivity index (χ3v) is 2.31. The zero-order valence-corrected chi connectivity index (χ0v) is 10.8. The Labute approximate surface area is 106 Å². The van der Waals surface area contributed by atoms with Gasteiger partial charge in [-0.25, -0.2) is 4.79 Å². The monoisotopic (exact) mass is 254 g/mol. The highest BCUT2D eigenvalue weighted by atomic mass is 16.5. The zero-order valence-electron chi connectivity index (χ0n) is 10.8. The van der Waals surface area contributed by atoms with E-state index < -0.39 is 12.1 Å². The molecule has 0 aliphatic rings. The van der Waals surface area contributed by atoms with Crippen LogP contribution in [-0.2, 0) is 9.53 Å². The maximum atomic E-state index is 11.2. The molecule has 1 aromatic rings. The molecule has 0 fully saturated rings. The molecule has 0 bridgehead atoms. The van der Waals surface area contributed by atoms with Crippen LogP contribution in [0.2, 0.25) is 0 Å². The molecular formula is C13H18O5. The van der Waals surface area contributed by atoms with Gasteiger partial charge in [0.05, 0.1) is 20.3 Å². The van der Waals surface area contributed by atoms with Crippen molar-refractivity contribution in [2.75, 3.05) is 20.3 Å². The average Bonchev–Trinajstić information content (AvgIpc) is 2.39. The molecule has 0 heterocycles. The number of aliphatic hydroxyl groups is 1. The average molecular weight is 254 g/mol. The number of aliphatic hydroxyl groups excluding tert-OH is 1. The molecule has 0 aliphatic heterocycles. The molecular weight excluding hydrogens is 236 g/mol. The van der Waals surface area contributed by atoms with Crippen molar-refractivity contribution in [3.63, 3.8) is 0 Å². The molecule has 0 saturated heterocycles. The first-order valence-electron chi connectivity index (χ1n) is 5.79. The number of carbonyl (C=O) groups excluding carboxylic acids is 1. The minimum atomic E-state index is -1.31. The largest absolute Gasteiger partial charge is 0.490 e. The van der Waals surface area contributed by atoms with Crippen LogP contribution in [0.5, 0.6) is 11.5 Å². The summed E-state index contributed by atoms with van der Waals surface area (Å²) in [4.78, 5) is 11.2. The summed E-state index contributed by atoms with van der Waals surface area (Å²) in [6, 6.07) is 4.85. The third-order valence-electron chi connectivity index (χ3n) is 2.31. The lowest BCUT2D eigenvalue weighted by Crippen LogP contribution is -2.13. The summed E-state index contributed by atoms with van der Waals surface area (Å²) in [6.45, 7) is 4.70. The van der Waals surface area contributed by atoms with Crippen molar-refractivity contribution in [3.8, 4) is 11.5 Å². The summed E-state index contributed by atoms with van der Waals surface area (Å²) in [6.07, 6.45) is -1.31. The van der Waals surface area contributed by atoms with E-state index in [9.17, 15) is 9.90 Å². The smallest absolute Gasteiger partial charge is 0.339 e. The van der Waals surface area contributed by atoms with Crippen LogP contribution in [0.4, 0.5) is 0 Å². The van der Waals surface area contributed by atoms with Gasteiger partial charge in [0.15, 0.2) is 17.6 Å². The number of benzene rings is 1. The summed E-state index contributed by atoms with van der Waals surface area (Å²) in [5.41, 5.74) is 0.411. The lowest BCUT2D eigenvalue weighted by molar-refractivity contribution is -0.150. The van der Waals surface area contributed by atoms with Gasteiger partial charge >= 0.3 is 5.97 Å². The van der Waals surface area contributed by atoms with Crippen molar-refractivity contribution in [1.29, 1.82) is 0 Å². The van der Waals surface area contributed by atoms with Gasteiger partial charge in [0.2, 0.25) is 0 Å². The number of esters is 1. The first kappa shape index (κ1) is 14.3. The van der Waals surface area contributed by atoms with E-state index in [1.54, 1.807) is 18.2 Å². The predicted molar refractivity (Wildman–Crippen MR) is 65.8 cm³/mol. The molecule has 0 saturated carbocycles. The third kappa shape index (κ3) is 3.37. The van der Waals surface area contributed by atoms with Crippen LogP contribution in [0.25, 0.3) is 0 Å². The number of hydrogen-bond acceptors (Lipinski definition) is 5. The zero-order chi connectivity index (χ0) is 13.5. The van der Waals surface area contributed by atoms with Gasteiger partial charge in [0.25, 0.3) is 0 Å². The van der Waals surface area contributed by atoms with Gasteiger partial charge in [0.1, 0.15) is 0 Å². The van der Waals surface area contributed by atoms with Gasteiger partial charge in [-0.2, -0.15) is 0 Å². The number of rotatable bonds is 6. The fourth-order valence-corrected chi connectivity index (χ4v) is 1.49. The molecule has 1 aromatic carbocycles. The Morgan fingerprint density at radius 3 is 2.39 bits per heavy atom. The molecule has 5 nitrogen and oxygen atoms in total. The molecule has 0 amide bonds. The molecule has 18 heavy (non-hydrogen) atoms. The number of carbonyl (C=O) groups is 1. The number of hydrogen-bond donors (Lipinski definition) is 1. The van der Waals surface area contributed by atoms with Crippen LogP contribution in [0, 0.1) is 0 Å². The van der Waals surface area contributed by atoms with E-state index >= 15 is 0 Å². The Kier molecular flexibility index (Phi) is 5.45. The Morgan fingerprint density at radius 1 is 1.22 bits per heavy atom. The molecule has 0 spiro atoms. The number of ether oxygens (including phenoxy) is 3. The van der Waals surface area contributed by atoms with Crippen LogP contribution in [0.1, 0.15) is 25.5 Å². The van der Waals surface area contributed by atoms with Crippen LogP contribution < -0.4 is 9.47 Å². The van der Waals surface area contributed by atoms with Crippen molar-refractivity contribution < 1.29 is 24.1 Å². The highest BCUT2D eigenvalue weighted by Gasteiger charge is 2.19. The van der Waals surface area contributed by atoms with Crippen molar-refractivity contribution in [3.05, 3.63) is 23.8 Å². The lowest BCUT2D eigenvalue weighted by Gasteiger charge is -2.14. The Balaban J connectivity index is 3.01. The Bertz CT molecular complexity index is 402. The van der Waals surface area contributed by atoms with E-state index in [0.29, 0.717) is 30.3 Å². The second-order valence-corrected chi connectivity index (χ2v) is 3.50. The van der Waals surface area contributed by atoms with E-state index in [4.69, 9.17) is 9.47 Å². The topological polar surface area (TPSA) is 65.0 Å². The van der Waals surface area contributed by atoms with Gasteiger partial charge in [-0.05, 0) is 31.5 Å². The second-order valence-electron chi connectivity index (χ2n) is 3.50. The SMILES string of the molecule is CCOc1ccc(C(O)C(=O)OC)cc1OCC. The van der Waals surface area contributed by atoms with E-state index in [-0.39, 0.29) is 0 Å². The molecule has 1 atom stereocenters. The van der Waals surface area contributed by atoms with Crippen molar-refractivity contribution >= 4 is 5.97 Å². The standard InChI is InChI=1S/C13H18O5/c1-4-17-10-7-6-9(8-11(10)18-5-2)12(14)13(15)16-3/h6-8,12,14H,4-5H2,1-3H3. The molecule has 0 radical (unpaired) electrons. The fraction of sp³-hybridized carbons (Fsp3) is 0.462. The van der Waals surface area contributed by atoms with Crippen LogP contribution in [0.3, 0.4) is 0 Å². The van der Waals surface area contributed by atoms with Crippen molar-refractivity contribution in [1.82, 2.24) is 0 Å². The van der Waals surface area contributed by atoms with Gasteiger partial charge in [0, 0.05) is 0 Å². The van der Waals surface area contributed by atoms with Gasteiger partial charge in [-0.15, -0.1) is 0 Å². The first-order valence-corrected chi connectivity index (χ1v) is 5.79. The maximum Gasteiger partial charge on any atom is 0.339 e.